The molecule has 0 N–H and O–H groups in total. The minimum atomic E-state index is 0.844. The van der Waals surface area contributed by atoms with Crippen molar-refractivity contribution in [3.05, 3.63) is 35.4 Å². The van der Waals surface area contributed by atoms with Crippen LogP contribution in [0.4, 0.5) is 0 Å². The summed E-state index contributed by atoms with van der Waals surface area (Å²) in [5.41, 5.74) is 2.82. The van der Waals surface area contributed by atoms with Crippen molar-refractivity contribution in [2.45, 2.75) is 58.3 Å². The van der Waals surface area contributed by atoms with Crippen LogP contribution in [0.2, 0.25) is 0 Å². The van der Waals surface area contributed by atoms with Crippen molar-refractivity contribution < 1.29 is 0 Å². The van der Waals surface area contributed by atoms with E-state index in [1.165, 1.54) is 49.7 Å². The molecule has 0 aliphatic rings. The van der Waals surface area contributed by atoms with Gasteiger partial charge in [-0.05, 0) is 30.4 Å². The molecule has 0 nitrogen and oxygen atoms in total. The Labute approximate surface area is 106 Å². The molecule has 0 bridgehead atoms. The molecule has 1 rings (SSSR count). The zero-order chi connectivity index (χ0) is 12.3. The highest BCUT2D eigenvalue weighted by Crippen LogP contribution is 2.11. The second-order valence-corrected chi connectivity index (χ2v) is 4.68. The smallest absolute Gasteiger partial charge is 0.0127 e. The van der Waals surface area contributed by atoms with Crippen molar-refractivity contribution in [2.24, 2.45) is 0 Å². The molecule has 0 heterocycles. The van der Waals surface area contributed by atoms with Crippen molar-refractivity contribution in [3.8, 4) is 12.3 Å². The number of benzene rings is 1. The van der Waals surface area contributed by atoms with Crippen LogP contribution in [-0.2, 0) is 12.8 Å². The van der Waals surface area contributed by atoms with Gasteiger partial charge in [0.25, 0.3) is 0 Å². The molecule has 92 valence electrons. The van der Waals surface area contributed by atoms with Gasteiger partial charge in [-0.25, -0.2) is 0 Å². The van der Waals surface area contributed by atoms with Crippen LogP contribution in [0, 0.1) is 12.3 Å². The van der Waals surface area contributed by atoms with E-state index in [-0.39, 0.29) is 0 Å². The predicted octanol–water partition coefficient (Wildman–Crippen LogP) is 4.77. The molecule has 0 heteroatoms. The molecule has 1 aromatic rings. The van der Waals surface area contributed by atoms with E-state index in [2.05, 4.69) is 37.1 Å². The minimum Gasteiger partial charge on any atom is -0.120 e. The second-order valence-electron chi connectivity index (χ2n) is 4.68. The highest BCUT2D eigenvalue weighted by molar-refractivity contribution is 5.23. The Kier molecular flexibility index (Phi) is 7.23. The standard InChI is InChI=1S/C17H24/c1-3-5-7-8-9-11-17-14-12-16(13-15-17)10-6-4-2/h2,12-15H,3,5-11H2,1H3. The van der Waals surface area contributed by atoms with Gasteiger partial charge in [0.05, 0.1) is 0 Å². The van der Waals surface area contributed by atoms with E-state index in [1.807, 2.05) is 0 Å². The molecular formula is C17H24. The first-order chi connectivity index (χ1) is 8.36. The van der Waals surface area contributed by atoms with Gasteiger partial charge in [0.15, 0.2) is 0 Å². The van der Waals surface area contributed by atoms with Gasteiger partial charge in [-0.2, -0.15) is 0 Å². The molecule has 0 spiro atoms. The summed E-state index contributed by atoms with van der Waals surface area (Å²) in [4.78, 5) is 0. The van der Waals surface area contributed by atoms with Crippen LogP contribution in [0.1, 0.15) is 56.6 Å². The molecule has 0 amide bonds. The van der Waals surface area contributed by atoms with Gasteiger partial charge < -0.3 is 0 Å². The molecule has 0 atom stereocenters. The Morgan fingerprint density at radius 3 is 2.06 bits per heavy atom. The van der Waals surface area contributed by atoms with E-state index in [9.17, 15) is 0 Å². The first-order valence-electron chi connectivity index (χ1n) is 6.88. The summed E-state index contributed by atoms with van der Waals surface area (Å²) in [6, 6.07) is 8.95. The fourth-order valence-corrected chi connectivity index (χ4v) is 2.02. The van der Waals surface area contributed by atoms with Crippen molar-refractivity contribution in [3.63, 3.8) is 0 Å². The topological polar surface area (TPSA) is 0 Å². The molecule has 17 heavy (non-hydrogen) atoms. The number of aryl methyl sites for hydroxylation is 2. The summed E-state index contributed by atoms with van der Waals surface area (Å²) < 4.78 is 0. The Bertz CT molecular complexity index is 326. The van der Waals surface area contributed by atoms with E-state index in [4.69, 9.17) is 6.42 Å². The Hall–Kier alpha value is -1.22. The maximum absolute atomic E-state index is 5.26. The Balaban J connectivity index is 2.23. The predicted molar refractivity (Wildman–Crippen MR) is 76.1 cm³/mol. The van der Waals surface area contributed by atoms with E-state index >= 15 is 0 Å². The van der Waals surface area contributed by atoms with E-state index < -0.39 is 0 Å². The lowest BCUT2D eigenvalue weighted by Gasteiger charge is -2.03. The van der Waals surface area contributed by atoms with Crippen LogP contribution >= 0.6 is 0 Å². The number of hydrogen-bond donors (Lipinski definition) is 0. The van der Waals surface area contributed by atoms with Gasteiger partial charge in [0, 0.05) is 6.42 Å². The quantitative estimate of drug-likeness (QED) is 0.444. The number of hydrogen-bond acceptors (Lipinski definition) is 0. The fraction of sp³-hybridized carbons (Fsp3) is 0.529. The van der Waals surface area contributed by atoms with Crippen molar-refractivity contribution in [2.75, 3.05) is 0 Å². The summed E-state index contributed by atoms with van der Waals surface area (Å²) in [5.74, 6) is 2.68. The monoisotopic (exact) mass is 228 g/mol. The van der Waals surface area contributed by atoms with Crippen LogP contribution in [-0.4, -0.2) is 0 Å². The fourth-order valence-electron chi connectivity index (χ4n) is 2.02. The average Bonchev–Trinajstić information content (AvgIpc) is 2.37. The maximum Gasteiger partial charge on any atom is 0.0127 e. The molecule has 0 aliphatic carbocycles. The second kappa shape index (κ2) is 8.88. The van der Waals surface area contributed by atoms with Crippen molar-refractivity contribution >= 4 is 0 Å². The molecule has 0 fully saturated rings. The summed E-state index contributed by atoms with van der Waals surface area (Å²) in [5, 5.41) is 0. The normalized spacial score (nSPS) is 10.1. The summed E-state index contributed by atoms with van der Waals surface area (Å²) >= 11 is 0. The molecule has 0 aromatic heterocycles. The third-order valence-corrected chi connectivity index (χ3v) is 3.15. The molecule has 0 unspecified atom stereocenters. The van der Waals surface area contributed by atoms with Gasteiger partial charge >= 0.3 is 0 Å². The lowest BCUT2D eigenvalue weighted by Crippen LogP contribution is -1.88. The number of unbranched alkanes of at least 4 members (excludes halogenated alkanes) is 4. The van der Waals surface area contributed by atoms with Gasteiger partial charge in [0.1, 0.15) is 0 Å². The first-order valence-corrected chi connectivity index (χ1v) is 6.88. The summed E-state index contributed by atoms with van der Waals surface area (Å²) in [7, 11) is 0. The van der Waals surface area contributed by atoms with Gasteiger partial charge in [-0.3, -0.25) is 0 Å². The third-order valence-electron chi connectivity index (χ3n) is 3.15. The van der Waals surface area contributed by atoms with Gasteiger partial charge in [-0.1, -0.05) is 56.9 Å². The Morgan fingerprint density at radius 1 is 0.882 bits per heavy atom. The van der Waals surface area contributed by atoms with E-state index in [0.29, 0.717) is 0 Å². The summed E-state index contributed by atoms with van der Waals surface area (Å²) in [6.07, 6.45) is 15.1. The zero-order valence-corrected chi connectivity index (χ0v) is 11.0. The molecule has 0 saturated heterocycles. The van der Waals surface area contributed by atoms with Crippen LogP contribution in [0.3, 0.4) is 0 Å². The summed E-state index contributed by atoms with van der Waals surface area (Å²) in [6.45, 7) is 2.26. The van der Waals surface area contributed by atoms with Crippen molar-refractivity contribution in [1.29, 1.82) is 0 Å². The molecule has 0 radical (unpaired) electrons. The van der Waals surface area contributed by atoms with Crippen LogP contribution in [0.25, 0.3) is 0 Å². The third kappa shape index (κ3) is 6.17. The van der Waals surface area contributed by atoms with Gasteiger partial charge in [-0.15, -0.1) is 12.3 Å². The largest absolute Gasteiger partial charge is 0.120 e. The lowest BCUT2D eigenvalue weighted by atomic mass is 10.0. The highest BCUT2D eigenvalue weighted by atomic mass is 14.0. The van der Waals surface area contributed by atoms with Gasteiger partial charge in [0.2, 0.25) is 0 Å². The lowest BCUT2D eigenvalue weighted by molar-refractivity contribution is 0.632. The highest BCUT2D eigenvalue weighted by Gasteiger charge is 1.95. The Morgan fingerprint density at radius 2 is 1.47 bits per heavy atom. The maximum atomic E-state index is 5.26. The number of terminal acetylenes is 1. The average molecular weight is 228 g/mol. The van der Waals surface area contributed by atoms with E-state index in [1.54, 1.807) is 0 Å². The molecular weight excluding hydrogens is 204 g/mol. The minimum absolute atomic E-state index is 0.844. The van der Waals surface area contributed by atoms with Crippen LogP contribution in [0.15, 0.2) is 24.3 Å². The van der Waals surface area contributed by atoms with Crippen LogP contribution < -0.4 is 0 Å². The SMILES string of the molecule is C#CCCc1ccc(CCCCCCC)cc1. The number of rotatable bonds is 8. The van der Waals surface area contributed by atoms with E-state index in [0.717, 1.165) is 12.8 Å². The van der Waals surface area contributed by atoms with Crippen LogP contribution in [0.5, 0.6) is 0 Å². The molecule has 0 aliphatic heterocycles. The molecule has 1 aromatic carbocycles. The zero-order valence-electron chi connectivity index (χ0n) is 11.0. The van der Waals surface area contributed by atoms with Crippen molar-refractivity contribution in [1.82, 2.24) is 0 Å². The first kappa shape index (κ1) is 13.8. The molecule has 0 saturated carbocycles.